The van der Waals surface area contributed by atoms with Gasteiger partial charge in [-0.15, -0.1) is 23.1 Å². The SMILES string of the molecule is COCCCN(Cc1nc(C(=O)OC)cs1)C(=O)CSc1ccccc1. The minimum Gasteiger partial charge on any atom is -0.464 e. The number of hydrogen-bond donors (Lipinski definition) is 0. The van der Waals surface area contributed by atoms with Gasteiger partial charge in [0.15, 0.2) is 5.69 Å². The number of nitrogens with zero attached hydrogens (tertiary/aromatic N) is 2. The van der Waals surface area contributed by atoms with E-state index in [0.717, 1.165) is 11.3 Å². The molecule has 140 valence electrons. The summed E-state index contributed by atoms with van der Waals surface area (Å²) >= 11 is 2.86. The molecule has 1 heterocycles. The molecule has 0 aliphatic rings. The third-order valence-electron chi connectivity index (χ3n) is 3.51. The fourth-order valence-electron chi connectivity index (χ4n) is 2.19. The number of ether oxygens (including phenoxy) is 2. The Morgan fingerprint density at radius 2 is 2.00 bits per heavy atom. The molecule has 0 N–H and O–H groups in total. The molecule has 1 aromatic carbocycles. The van der Waals surface area contributed by atoms with Gasteiger partial charge in [0.25, 0.3) is 0 Å². The molecule has 0 saturated heterocycles. The van der Waals surface area contributed by atoms with Crippen LogP contribution in [0.3, 0.4) is 0 Å². The highest BCUT2D eigenvalue weighted by molar-refractivity contribution is 8.00. The maximum Gasteiger partial charge on any atom is 0.357 e. The van der Waals surface area contributed by atoms with E-state index in [1.165, 1.54) is 30.2 Å². The van der Waals surface area contributed by atoms with Crippen molar-refractivity contribution in [1.29, 1.82) is 0 Å². The highest BCUT2D eigenvalue weighted by atomic mass is 32.2. The van der Waals surface area contributed by atoms with Gasteiger partial charge in [0.1, 0.15) is 5.01 Å². The second kappa shape index (κ2) is 10.9. The molecule has 0 radical (unpaired) electrons. The molecular formula is C18H22N2O4S2. The fraction of sp³-hybridized carbons (Fsp3) is 0.389. The van der Waals surface area contributed by atoms with E-state index in [4.69, 9.17) is 4.74 Å². The van der Waals surface area contributed by atoms with Gasteiger partial charge in [0.05, 0.1) is 19.4 Å². The van der Waals surface area contributed by atoms with E-state index in [1.807, 2.05) is 30.3 Å². The second-order valence-electron chi connectivity index (χ2n) is 5.38. The lowest BCUT2D eigenvalue weighted by Crippen LogP contribution is -2.33. The standard InChI is InChI=1S/C18H22N2O4S2/c1-23-10-6-9-20(11-16-19-15(12-26-16)18(22)24-2)17(21)13-25-14-7-4-3-5-8-14/h3-5,7-8,12H,6,9-11,13H2,1-2H3. The Morgan fingerprint density at radius 1 is 1.23 bits per heavy atom. The number of amides is 1. The molecule has 0 saturated carbocycles. The topological polar surface area (TPSA) is 68.7 Å². The van der Waals surface area contributed by atoms with Gasteiger partial charge in [-0.2, -0.15) is 0 Å². The summed E-state index contributed by atoms with van der Waals surface area (Å²) in [5.41, 5.74) is 0.274. The maximum absolute atomic E-state index is 12.7. The minimum atomic E-state index is -0.468. The molecule has 0 aliphatic carbocycles. The van der Waals surface area contributed by atoms with Crippen molar-refractivity contribution in [1.82, 2.24) is 9.88 Å². The third kappa shape index (κ3) is 6.44. The predicted molar refractivity (Wildman–Crippen MR) is 103 cm³/mol. The number of carbonyl (C=O) groups excluding carboxylic acids is 2. The molecule has 0 unspecified atom stereocenters. The number of methoxy groups -OCH3 is 2. The Bertz CT molecular complexity index is 706. The molecule has 8 heteroatoms. The molecule has 0 bridgehead atoms. The number of carbonyl (C=O) groups is 2. The first-order chi connectivity index (χ1) is 12.6. The van der Waals surface area contributed by atoms with Gasteiger partial charge in [-0.1, -0.05) is 18.2 Å². The predicted octanol–water partition coefficient (Wildman–Crippen LogP) is 3.09. The van der Waals surface area contributed by atoms with Crippen LogP contribution >= 0.6 is 23.1 Å². The summed E-state index contributed by atoms with van der Waals surface area (Å²) < 4.78 is 9.76. The lowest BCUT2D eigenvalue weighted by Gasteiger charge is -2.21. The summed E-state index contributed by atoms with van der Waals surface area (Å²) in [5.74, 6) is -0.0826. The molecule has 0 spiro atoms. The molecule has 0 atom stereocenters. The van der Waals surface area contributed by atoms with Gasteiger partial charge < -0.3 is 14.4 Å². The summed E-state index contributed by atoms with van der Waals surface area (Å²) in [6, 6.07) is 9.82. The van der Waals surface area contributed by atoms with Crippen LogP contribution in [0.4, 0.5) is 0 Å². The molecule has 26 heavy (non-hydrogen) atoms. The number of hydrogen-bond acceptors (Lipinski definition) is 7. The van der Waals surface area contributed by atoms with E-state index in [2.05, 4.69) is 9.72 Å². The smallest absolute Gasteiger partial charge is 0.357 e. The highest BCUT2D eigenvalue weighted by Gasteiger charge is 2.18. The van der Waals surface area contributed by atoms with Crippen molar-refractivity contribution in [3.05, 3.63) is 46.4 Å². The first-order valence-corrected chi connectivity index (χ1v) is 9.98. The van der Waals surface area contributed by atoms with Crippen LogP contribution in [0.25, 0.3) is 0 Å². The average Bonchev–Trinajstić information content (AvgIpc) is 3.14. The number of aromatic nitrogens is 1. The average molecular weight is 395 g/mol. The normalized spacial score (nSPS) is 10.5. The summed E-state index contributed by atoms with van der Waals surface area (Å²) in [5, 5.41) is 2.36. The highest BCUT2D eigenvalue weighted by Crippen LogP contribution is 2.19. The Morgan fingerprint density at radius 3 is 2.69 bits per heavy atom. The van der Waals surface area contributed by atoms with Crippen molar-refractivity contribution in [3.8, 4) is 0 Å². The number of esters is 1. The second-order valence-corrected chi connectivity index (χ2v) is 7.37. The monoisotopic (exact) mass is 394 g/mol. The zero-order chi connectivity index (χ0) is 18.8. The molecule has 0 fully saturated rings. The fourth-order valence-corrected chi connectivity index (χ4v) is 3.79. The largest absolute Gasteiger partial charge is 0.464 e. The molecule has 2 rings (SSSR count). The number of benzene rings is 1. The summed E-state index contributed by atoms with van der Waals surface area (Å²) in [6.45, 7) is 1.54. The maximum atomic E-state index is 12.7. The van der Waals surface area contributed by atoms with Crippen LogP contribution in [-0.4, -0.2) is 54.9 Å². The van der Waals surface area contributed by atoms with Gasteiger partial charge in [-0.05, 0) is 18.6 Å². The van der Waals surface area contributed by atoms with Crippen molar-refractivity contribution >= 4 is 35.0 Å². The molecule has 1 aromatic heterocycles. The quantitative estimate of drug-likeness (QED) is 0.350. The zero-order valence-corrected chi connectivity index (χ0v) is 16.5. The lowest BCUT2D eigenvalue weighted by molar-refractivity contribution is -0.129. The number of thioether (sulfide) groups is 1. The van der Waals surface area contributed by atoms with E-state index in [1.54, 1.807) is 17.4 Å². The Balaban J connectivity index is 1.98. The van der Waals surface area contributed by atoms with Gasteiger partial charge in [-0.25, -0.2) is 9.78 Å². The summed E-state index contributed by atoms with van der Waals surface area (Å²) in [7, 11) is 2.96. The van der Waals surface area contributed by atoms with Crippen LogP contribution in [-0.2, 0) is 20.8 Å². The zero-order valence-electron chi connectivity index (χ0n) is 14.8. The van der Waals surface area contributed by atoms with Crippen LogP contribution in [0.5, 0.6) is 0 Å². The van der Waals surface area contributed by atoms with Crippen molar-refractivity contribution in [2.24, 2.45) is 0 Å². The minimum absolute atomic E-state index is 0.0322. The summed E-state index contributed by atoms with van der Waals surface area (Å²) in [4.78, 5) is 31.3. The van der Waals surface area contributed by atoms with E-state index < -0.39 is 5.97 Å². The molecule has 2 aromatic rings. The van der Waals surface area contributed by atoms with Crippen LogP contribution in [0.15, 0.2) is 40.6 Å². The van der Waals surface area contributed by atoms with Crippen LogP contribution < -0.4 is 0 Å². The van der Waals surface area contributed by atoms with E-state index in [0.29, 0.717) is 30.5 Å². The van der Waals surface area contributed by atoms with Crippen molar-refractivity contribution < 1.29 is 19.1 Å². The van der Waals surface area contributed by atoms with Gasteiger partial charge in [-0.3, -0.25) is 4.79 Å². The molecular weight excluding hydrogens is 372 g/mol. The number of thiazole rings is 1. The van der Waals surface area contributed by atoms with Crippen molar-refractivity contribution in [2.75, 3.05) is 33.1 Å². The van der Waals surface area contributed by atoms with E-state index in [-0.39, 0.29) is 11.6 Å². The van der Waals surface area contributed by atoms with Crippen LogP contribution in [0, 0.1) is 0 Å². The molecule has 6 nitrogen and oxygen atoms in total. The van der Waals surface area contributed by atoms with Crippen LogP contribution in [0.1, 0.15) is 21.9 Å². The third-order valence-corrected chi connectivity index (χ3v) is 5.34. The summed E-state index contributed by atoms with van der Waals surface area (Å²) in [6.07, 6.45) is 0.744. The Kier molecular flexibility index (Phi) is 8.60. The van der Waals surface area contributed by atoms with Gasteiger partial charge in [0, 0.05) is 30.5 Å². The van der Waals surface area contributed by atoms with Crippen LogP contribution in [0.2, 0.25) is 0 Å². The van der Waals surface area contributed by atoms with E-state index in [9.17, 15) is 9.59 Å². The molecule has 1 amide bonds. The Labute approximate surface area is 161 Å². The first kappa shape index (κ1) is 20.4. The van der Waals surface area contributed by atoms with E-state index >= 15 is 0 Å². The Hall–Kier alpha value is -1.90. The number of rotatable bonds is 10. The van der Waals surface area contributed by atoms with Gasteiger partial charge >= 0.3 is 5.97 Å². The van der Waals surface area contributed by atoms with Crippen molar-refractivity contribution in [3.63, 3.8) is 0 Å². The lowest BCUT2D eigenvalue weighted by atomic mass is 10.3. The van der Waals surface area contributed by atoms with Gasteiger partial charge in [0.2, 0.25) is 5.91 Å². The van der Waals surface area contributed by atoms with Crippen molar-refractivity contribution in [2.45, 2.75) is 17.9 Å². The first-order valence-electron chi connectivity index (χ1n) is 8.11. The molecule has 0 aliphatic heterocycles.